The number of aromatic carboxylic acids is 1. The number of sulfonamides is 1. The molecule has 0 saturated carbocycles. The second-order valence-electron chi connectivity index (χ2n) is 4.57. The maximum absolute atomic E-state index is 12.4. The van der Waals surface area contributed by atoms with Crippen LogP contribution >= 0.6 is 0 Å². The zero-order valence-electron chi connectivity index (χ0n) is 10.5. The van der Waals surface area contributed by atoms with Crippen molar-refractivity contribution in [3.63, 3.8) is 0 Å². The quantitative estimate of drug-likeness (QED) is 0.804. The summed E-state index contributed by atoms with van der Waals surface area (Å²) in [5, 5.41) is 18.1. The van der Waals surface area contributed by atoms with Crippen LogP contribution in [-0.4, -0.2) is 52.7 Å². The van der Waals surface area contributed by atoms with Gasteiger partial charge in [-0.05, 0) is 18.9 Å². The molecular weight excluding hydrogens is 272 g/mol. The van der Waals surface area contributed by atoms with Crippen LogP contribution in [0.15, 0.2) is 17.2 Å². The van der Waals surface area contributed by atoms with Crippen molar-refractivity contribution in [3.8, 4) is 0 Å². The number of carbonyl (C=O) groups is 1. The van der Waals surface area contributed by atoms with Crippen LogP contribution in [0, 0.1) is 0 Å². The van der Waals surface area contributed by atoms with Crippen LogP contribution in [0.1, 0.15) is 23.3 Å². The zero-order valence-corrected chi connectivity index (χ0v) is 11.3. The van der Waals surface area contributed by atoms with E-state index in [9.17, 15) is 18.3 Å². The molecule has 8 heteroatoms. The Hall–Kier alpha value is -1.38. The van der Waals surface area contributed by atoms with E-state index in [1.165, 1.54) is 22.1 Å². The summed E-state index contributed by atoms with van der Waals surface area (Å²) >= 11 is 0. The summed E-state index contributed by atoms with van der Waals surface area (Å²) in [5.41, 5.74) is -0.0849. The van der Waals surface area contributed by atoms with Gasteiger partial charge in [0.25, 0.3) is 0 Å². The fourth-order valence-electron chi connectivity index (χ4n) is 2.33. The lowest BCUT2D eigenvalue weighted by Gasteiger charge is -2.21. The van der Waals surface area contributed by atoms with Gasteiger partial charge in [0.2, 0.25) is 10.0 Å². The Labute approximate surface area is 111 Å². The third-order valence-corrected chi connectivity index (χ3v) is 5.26. The first kappa shape index (κ1) is 14.0. The van der Waals surface area contributed by atoms with Crippen LogP contribution in [-0.2, 0) is 17.1 Å². The molecule has 0 spiro atoms. The van der Waals surface area contributed by atoms with E-state index in [0.29, 0.717) is 19.4 Å². The average Bonchev–Trinajstić information content (AvgIpc) is 2.94. The molecule has 1 aliphatic rings. The van der Waals surface area contributed by atoms with Gasteiger partial charge in [0.05, 0.1) is 6.61 Å². The molecular formula is C11H16N2O5S. The molecule has 1 aromatic heterocycles. The molecule has 0 aromatic carbocycles. The molecule has 2 rings (SSSR count). The van der Waals surface area contributed by atoms with Crippen molar-refractivity contribution in [2.45, 2.75) is 23.8 Å². The summed E-state index contributed by atoms with van der Waals surface area (Å²) in [6, 6.07) is 0.725. The van der Waals surface area contributed by atoms with Crippen LogP contribution in [0.2, 0.25) is 0 Å². The van der Waals surface area contributed by atoms with E-state index >= 15 is 0 Å². The van der Waals surface area contributed by atoms with Crippen molar-refractivity contribution < 1.29 is 23.4 Å². The number of aliphatic hydroxyl groups is 1. The normalized spacial score (nSPS) is 20.8. The summed E-state index contributed by atoms with van der Waals surface area (Å²) in [4.78, 5) is 10.9. The highest BCUT2D eigenvalue weighted by Gasteiger charge is 2.35. The lowest BCUT2D eigenvalue weighted by molar-refractivity contribution is 0.0686. The molecule has 0 radical (unpaired) electrons. The van der Waals surface area contributed by atoms with E-state index < -0.39 is 22.0 Å². The van der Waals surface area contributed by atoms with Crippen molar-refractivity contribution >= 4 is 16.0 Å². The minimum Gasteiger partial charge on any atom is -0.477 e. The highest BCUT2D eigenvalue weighted by molar-refractivity contribution is 7.89. The summed E-state index contributed by atoms with van der Waals surface area (Å²) < 4.78 is 27.3. The minimum absolute atomic E-state index is 0.0484. The Morgan fingerprint density at radius 2 is 2.21 bits per heavy atom. The lowest BCUT2D eigenvalue weighted by Crippen LogP contribution is -2.37. The van der Waals surface area contributed by atoms with Gasteiger partial charge >= 0.3 is 5.97 Å². The first-order valence-electron chi connectivity index (χ1n) is 5.90. The molecule has 1 fully saturated rings. The van der Waals surface area contributed by atoms with E-state index in [4.69, 9.17) is 5.11 Å². The van der Waals surface area contributed by atoms with E-state index in [-0.39, 0.29) is 17.2 Å². The predicted molar refractivity (Wildman–Crippen MR) is 66.4 cm³/mol. The summed E-state index contributed by atoms with van der Waals surface area (Å²) in [6.07, 6.45) is 2.60. The largest absolute Gasteiger partial charge is 0.477 e. The fourth-order valence-corrected chi connectivity index (χ4v) is 4.09. The van der Waals surface area contributed by atoms with Gasteiger partial charge in [-0.2, -0.15) is 4.31 Å². The molecule has 7 nitrogen and oxygen atoms in total. The topological polar surface area (TPSA) is 99.8 Å². The molecule has 2 heterocycles. The van der Waals surface area contributed by atoms with Crippen molar-refractivity contribution in [3.05, 3.63) is 18.0 Å². The standard InChI is InChI=1S/C11H16N2O5S/c1-12-6-9(5-10(12)11(15)16)19(17,18)13-4-2-3-8(13)7-14/h5-6,8,14H,2-4,7H2,1H3,(H,15,16)/t8-/m1/s1. The van der Waals surface area contributed by atoms with E-state index in [1.54, 1.807) is 0 Å². The number of aryl methyl sites for hydroxylation is 1. The van der Waals surface area contributed by atoms with Gasteiger partial charge in [-0.1, -0.05) is 0 Å². The number of rotatable bonds is 4. The maximum atomic E-state index is 12.4. The third kappa shape index (κ3) is 2.38. The molecule has 0 amide bonds. The van der Waals surface area contributed by atoms with Crippen LogP contribution in [0.4, 0.5) is 0 Å². The Morgan fingerprint density at radius 1 is 1.53 bits per heavy atom. The van der Waals surface area contributed by atoms with E-state index in [1.807, 2.05) is 0 Å². The zero-order chi connectivity index (χ0) is 14.2. The number of nitrogens with zero attached hydrogens (tertiary/aromatic N) is 2. The molecule has 0 bridgehead atoms. The van der Waals surface area contributed by atoms with Crippen molar-refractivity contribution in [1.29, 1.82) is 0 Å². The Kier molecular flexibility index (Phi) is 3.66. The Bertz CT molecular complexity index is 592. The van der Waals surface area contributed by atoms with Crippen molar-refractivity contribution in [1.82, 2.24) is 8.87 Å². The predicted octanol–water partition coefficient (Wildman–Crippen LogP) is -0.131. The van der Waals surface area contributed by atoms with Crippen LogP contribution in [0.5, 0.6) is 0 Å². The molecule has 0 aliphatic carbocycles. The minimum atomic E-state index is -3.75. The van der Waals surface area contributed by atoms with Gasteiger partial charge < -0.3 is 14.8 Å². The molecule has 0 unspecified atom stereocenters. The monoisotopic (exact) mass is 288 g/mol. The smallest absolute Gasteiger partial charge is 0.352 e. The van der Waals surface area contributed by atoms with Crippen LogP contribution < -0.4 is 0 Å². The van der Waals surface area contributed by atoms with Gasteiger partial charge in [-0.3, -0.25) is 0 Å². The number of hydrogen-bond acceptors (Lipinski definition) is 4. The highest BCUT2D eigenvalue weighted by Crippen LogP contribution is 2.26. The SMILES string of the molecule is Cn1cc(S(=O)(=O)N2CCC[C@@H]2CO)cc1C(=O)O. The number of carboxylic acid groups (broad SMARTS) is 1. The van der Waals surface area contributed by atoms with Gasteiger partial charge in [-0.25, -0.2) is 13.2 Å². The number of aromatic nitrogens is 1. The Balaban J connectivity index is 2.40. The summed E-state index contributed by atoms with van der Waals surface area (Å²) in [7, 11) is -2.26. The van der Waals surface area contributed by atoms with Gasteiger partial charge in [0.1, 0.15) is 10.6 Å². The van der Waals surface area contributed by atoms with Gasteiger partial charge in [0, 0.05) is 25.8 Å². The van der Waals surface area contributed by atoms with E-state index in [2.05, 4.69) is 0 Å². The molecule has 1 aromatic rings. The summed E-state index contributed by atoms with van der Waals surface area (Å²) in [6.45, 7) is 0.128. The first-order valence-corrected chi connectivity index (χ1v) is 7.34. The third-order valence-electron chi connectivity index (χ3n) is 3.34. The fraction of sp³-hybridized carbons (Fsp3) is 0.545. The van der Waals surface area contributed by atoms with Gasteiger partial charge in [0.15, 0.2) is 0 Å². The number of hydrogen-bond donors (Lipinski definition) is 2. The molecule has 1 atom stereocenters. The second-order valence-corrected chi connectivity index (χ2v) is 6.46. The molecule has 19 heavy (non-hydrogen) atoms. The van der Waals surface area contributed by atoms with Crippen molar-refractivity contribution in [2.24, 2.45) is 7.05 Å². The van der Waals surface area contributed by atoms with Crippen molar-refractivity contribution in [2.75, 3.05) is 13.2 Å². The molecule has 1 aliphatic heterocycles. The number of carboxylic acids is 1. The average molecular weight is 288 g/mol. The van der Waals surface area contributed by atoms with E-state index in [0.717, 1.165) is 6.07 Å². The molecule has 1 saturated heterocycles. The first-order chi connectivity index (χ1) is 8.87. The molecule has 106 valence electrons. The Morgan fingerprint density at radius 3 is 2.74 bits per heavy atom. The van der Waals surface area contributed by atoms with Gasteiger partial charge in [-0.15, -0.1) is 0 Å². The lowest BCUT2D eigenvalue weighted by atomic mass is 10.2. The van der Waals surface area contributed by atoms with Crippen LogP contribution in [0.25, 0.3) is 0 Å². The second kappa shape index (κ2) is 4.95. The highest BCUT2D eigenvalue weighted by atomic mass is 32.2. The number of aliphatic hydroxyl groups excluding tert-OH is 1. The van der Waals surface area contributed by atoms with Crippen LogP contribution in [0.3, 0.4) is 0 Å². The maximum Gasteiger partial charge on any atom is 0.352 e. The molecule has 2 N–H and O–H groups in total. The summed E-state index contributed by atoms with van der Waals surface area (Å²) in [5.74, 6) is -1.18.